The van der Waals surface area contributed by atoms with E-state index in [0.29, 0.717) is 17.9 Å². The van der Waals surface area contributed by atoms with Gasteiger partial charge in [-0.15, -0.1) is 0 Å². The minimum atomic E-state index is -0.314. The summed E-state index contributed by atoms with van der Waals surface area (Å²) in [7, 11) is 1.58. The molecule has 3 N–H and O–H groups in total. The Morgan fingerprint density at radius 3 is 2.45 bits per heavy atom. The first-order chi connectivity index (χ1) is 10.7. The summed E-state index contributed by atoms with van der Waals surface area (Å²) < 4.78 is 10.4. The van der Waals surface area contributed by atoms with E-state index in [4.69, 9.17) is 9.47 Å². The second-order valence-electron chi connectivity index (χ2n) is 4.49. The maximum Gasteiger partial charge on any atom is 0.271 e. The van der Waals surface area contributed by atoms with Crippen molar-refractivity contribution in [3.8, 4) is 17.2 Å². The maximum atomic E-state index is 11.6. The highest BCUT2D eigenvalue weighted by Crippen LogP contribution is 2.17. The molecule has 0 aliphatic heterocycles. The van der Waals surface area contributed by atoms with E-state index in [1.807, 2.05) is 6.07 Å². The van der Waals surface area contributed by atoms with Crippen LogP contribution in [0.15, 0.2) is 48.5 Å². The molecule has 0 aliphatic rings. The van der Waals surface area contributed by atoms with E-state index in [-0.39, 0.29) is 18.3 Å². The summed E-state index contributed by atoms with van der Waals surface area (Å²) in [5.74, 6) is 1.17. The number of nitrogens with one attached hydrogen (secondary N) is 2. The third-order valence-electron chi connectivity index (χ3n) is 2.93. The Labute approximate surface area is 128 Å². The fourth-order valence-electron chi connectivity index (χ4n) is 1.76. The number of phenolic OH excluding ortho intramolecular Hbond substituents is 1. The molecule has 22 heavy (non-hydrogen) atoms. The van der Waals surface area contributed by atoms with Gasteiger partial charge in [-0.25, -0.2) is 5.43 Å². The molecular formula is C16H18N2O4. The van der Waals surface area contributed by atoms with Gasteiger partial charge in [0.2, 0.25) is 0 Å². The van der Waals surface area contributed by atoms with Gasteiger partial charge in [0.25, 0.3) is 5.91 Å². The highest BCUT2D eigenvalue weighted by Gasteiger charge is 2.04. The minimum absolute atomic E-state index is 0.111. The molecule has 0 unspecified atom stereocenters. The number of hydrogen-bond donors (Lipinski definition) is 3. The lowest BCUT2D eigenvalue weighted by Crippen LogP contribution is -2.39. The lowest BCUT2D eigenvalue weighted by atomic mass is 10.2. The lowest BCUT2D eigenvalue weighted by molar-refractivity contribution is -0.124. The second kappa shape index (κ2) is 7.90. The zero-order valence-corrected chi connectivity index (χ0v) is 12.2. The number of methoxy groups -OCH3 is 1. The molecule has 0 aromatic heterocycles. The topological polar surface area (TPSA) is 79.8 Å². The Kier molecular flexibility index (Phi) is 5.62. The first-order valence-electron chi connectivity index (χ1n) is 6.74. The molecule has 0 saturated carbocycles. The van der Waals surface area contributed by atoms with Crippen molar-refractivity contribution in [1.82, 2.24) is 10.9 Å². The number of amides is 1. The highest BCUT2D eigenvalue weighted by atomic mass is 16.5. The molecule has 0 bridgehead atoms. The third-order valence-corrected chi connectivity index (χ3v) is 2.93. The summed E-state index contributed by atoms with van der Waals surface area (Å²) in [5, 5.41) is 9.58. The molecule has 6 heteroatoms. The van der Waals surface area contributed by atoms with Crippen LogP contribution in [-0.4, -0.2) is 24.7 Å². The Morgan fingerprint density at radius 2 is 1.77 bits per heavy atom. The van der Waals surface area contributed by atoms with E-state index in [1.54, 1.807) is 49.6 Å². The largest absolute Gasteiger partial charge is 0.508 e. The molecule has 1 amide bonds. The second-order valence-corrected chi connectivity index (χ2v) is 4.49. The van der Waals surface area contributed by atoms with E-state index >= 15 is 0 Å². The van der Waals surface area contributed by atoms with Gasteiger partial charge >= 0.3 is 0 Å². The normalized spacial score (nSPS) is 10.0. The van der Waals surface area contributed by atoms with Crippen molar-refractivity contribution >= 4 is 5.91 Å². The van der Waals surface area contributed by atoms with Gasteiger partial charge in [-0.05, 0) is 30.3 Å². The van der Waals surface area contributed by atoms with Crippen LogP contribution in [0.3, 0.4) is 0 Å². The van der Waals surface area contributed by atoms with E-state index in [0.717, 1.165) is 5.75 Å². The molecule has 0 radical (unpaired) electrons. The number of carbonyl (C=O) groups excluding carboxylic acids is 1. The molecule has 0 fully saturated rings. The van der Waals surface area contributed by atoms with Gasteiger partial charge in [0.05, 0.1) is 7.11 Å². The van der Waals surface area contributed by atoms with Gasteiger partial charge in [-0.1, -0.05) is 18.2 Å². The smallest absolute Gasteiger partial charge is 0.271 e. The van der Waals surface area contributed by atoms with Gasteiger partial charge < -0.3 is 14.6 Å². The summed E-state index contributed by atoms with van der Waals surface area (Å²) in [6, 6.07) is 13.9. The summed E-state index contributed by atoms with van der Waals surface area (Å²) in [5.41, 5.74) is 5.93. The monoisotopic (exact) mass is 302 g/mol. The van der Waals surface area contributed by atoms with Gasteiger partial charge in [0.15, 0.2) is 6.61 Å². The van der Waals surface area contributed by atoms with Crippen LogP contribution in [0.1, 0.15) is 5.56 Å². The van der Waals surface area contributed by atoms with Crippen molar-refractivity contribution in [2.75, 3.05) is 13.7 Å². The number of rotatable bonds is 7. The number of carbonyl (C=O) groups is 1. The average Bonchev–Trinajstić information content (AvgIpc) is 2.55. The Balaban J connectivity index is 1.70. The van der Waals surface area contributed by atoms with Crippen molar-refractivity contribution < 1.29 is 19.4 Å². The van der Waals surface area contributed by atoms with Crippen LogP contribution in [0.25, 0.3) is 0 Å². The van der Waals surface area contributed by atoms with Gasteiger partial charge in [0.1, 0.15) is 17.2 Å². The number of ether oxygens (including phenoxy) is 2. The SMILES string of the molecule is COc1ccc(OCC(=O)NNCc2ccccc2O)cc1. The fourth-order valence-corrected chi connectivity index (χ4v) is 1.76. The highest BCUT2D eigenvalue weighted by molar-refractivity contribution is 5.76. The van der Waals surface area contributed by atoms with Gasteiger partial charge in [-0.2, -0.15) is 0 Å². The third kappa shape index (κ3) is 4.68. The number of phenols is 1. The molecule has 0 spiro atoms. The summed E-state index contributed by atoms with van der Waals surface area (Å²) in [6.07, 6.45) is 0. The van der Waals surface area contributed by atoms with E-state index in [1.165, 1.54) is 0 Å². The Hall–Kier alpha value is -2.73. The van der Waals surface area contributed by atoms with Crippen LogP contribution in [0.2, 0.25) is 0 Å². The molecule has 116 valence electrons. The first kappa shape index (κ1) is 15.7. The van der Waals surface area contributed by atoms with Crippen LogP contribution in [0.5, 0.6) is 17.2 Å². The van der Waals surface area contributed by atoms with Crippen molar-refractivity contribution in [3.05, 3.63) is 54.1 Å². The van der Waals surface area contributed by atoms with E-state index in [2.05, 4.69) is 10.9 Å². The number of hydrazine groups is 1. The maximum absolute atomic E-state index is 11.6. The Morgan fingerprint density at radius 1 is 1.09 bits per heavy atom. The molecular weight excluding hydrogens is 284 g/mol. The Bertz CT molecular complexity index is 614. The molecule has 2 rings (SSSR count). The van der Waals surface area contributed by atoms with Crippen molar-refractivity contribution in [2.24, 2.45) is 0 Å². The summed E-state index contributed by atoms with van der Waals surface area (Å²) in [4.78, 5) is 11.6. The van der Waals surface area contributed by atoms with E-state index in [9.17, 15) is 9.90 Å². The van der Waals surface area contributed by atoms with Crippen LogP contribution in [-0.2, 0) is 11.3 Å². The molecule has 0 heterocycles. The number of aromatic hydroxyl groups is 1. The predicted molar refractivity (Wildman–Crippen MR) is 81.6 cm³/mol. The number of para-hydroxylation sites is 1. The fraction of sp³-hybridized carbons (Fsp3) is 0.188. The minimum Gasteiger partial charge on any atom is -0.508 e. The lowest BCUT2D eigenvalue weighted by Gasteiger charge is -2.10. The van der Waals surface area contributed by atoms with Crippen LogP contribution >= 0.6 is 0 Å². The van der Waals surface area contributed by atoms with Crippen LogP contribution in [0, 0.1) is 0 Å². The molecule has 0 aliphatic carbocycles. The first-order valence-corrected chi connectivity index (χ1v) is 6.74. The molecule has 2 aromatic rings. The van der Waals surface area contributed by atoms with Crippen molar-refractivity contribution in [3.63, 3.8) is 0 Å². The van der Waals surface area contributed by atoms with Gasteiger partial charge in [-0.3, -0.25) is 10.2 Å². The summed E-state index contributed by atoms with van der Waals surface area (Å²) in [6.45, 7) is 0.209. The number of hydrogen-bond acceptors (Lipinski definition) is 5. The molecule has 6 nitrogen and oxygen atoms in total. The predicted octanol–water partition coefficient (Wildman–Crippen LogP) is 1.60. The molecule has 0 atom stereocenters. The van der Waals surface area contributed by atoms with E-state index < -0.39 is 0 Å². The average molecular weight is 302 g/mol. The summed E-state index contributed by atoms with van der Waals surface area (Å²) >= 11 is 0. The van der Waals surface area contributed by atoms with Crippen molar-refractivity contribution in [1.29, 1.82) is 0 Å². The number of benzene rings is 2. The standard InChI is InChI=1S/C16H18N2O4/c1-21-13-6-8-14(9-7-13)22-11-16(20)18-17-10-12-4-2-3-5-15(12)19/h2-9,17,19H,10-11H2,1H3,(H,18,20). The van der Waals surface area contributed by atoms with Gasteiger partial charge in [0, 0.05) is 12.1 Å². The zero-order valence-electron chi connectivity index (χ0n) is 12.2. The van der Waals surface area contributed by atoms with Crippen LogP contribution in [0.4, 0.5) is 0 Å². The zero-order chi connectivity index (χ0) is 15.8. The molecule has 0 saturated heterocycles. The van der Waals surface area contributed by atoms with Crippen molar-refractivity contribution in [2.45, 2.75) is 6.54 Å². The van der Waals surface area contributed by atoms with Crippen LogP contribution < -0.4 is 20.3 Å². The molecule has 2 aromatic carbocycles. The quantitative estimate of drug-likeness (QED) is 0.677.